The lowest BCUT2D eigenvalue weighted by Crippen LogP contribution is -2.54. The number of carbonyl (C=O) groups is 6. The molecule has 408 valence electrons. The number of alkyl carbamates (subject to hydrolysis) is 3. The van der Waals surface area contributed by atoms with Gasteiger partial charge in [-0.15, -0.1) is 0 Å². The fourth-order valence-electron chi connectivity index (χ4n) is 8.08. The molecule has 3 aliphatic rings. The quantitative estimate of drug-likeness (QED) is 0.0375. The molecule has 0 radical (unpaired) electrons. The van der Waals surface area contributed by atoms with Crippen molar-refractivity contribution in [3.05, 3.63) is 31.5 Å². The first kappa shape index (κ1) is 59.1. The molecule has 0 bridgehead atoms. The van der Waals surface area contributed by atoms with Crippen LogP contribution in [0.25, 0.3) is 0 Å². The Balaban J connectivity index is 1.24. The Bertz CT molecular complexity index is 1840. The lowest BCUT2D eigenvalue weighted by Gasteiger charge is -2.18. The summed E-state index contributed by atoms with van der Waals surface area (Å²) < 4.78 is 35.1. The molecule has 0 aromatic carbocycles. The summed E-state index contributed by atoms with van der Waals surface area (Å²) >= 11 is 0. The van der Waals surface area contributed by atoms with Gasteiger partial charge < -0.3 is 44.4 Å². The Morgan fingerprint density at radius 3 is 0.889 bits per heavy atom. The van der Waals surface area contributed by atoms with Crippen LogP contribution in [0.15, 0.2) is 14.4 Å². The Morgan fingerprint density at radius 2 is 0.667 bits per heavy atom. The molecule has 4 rings (SSSR count). The molecule has 9 atom stereocenters. The molecule has 3 N–H and O–H groups in total. The van der Waals surface area contributed by atoms with Crippen LogP contribution in [0.4, 0.5) is 14.4 Å². The topological polar surface area (TPSA) is 269 Å². The third-order valence-electron chi connectivity index (χ3n) is 12.6. The fourth-order valence-corrected chi connectivity index (χ4v) is 8.08. The number of esters is 3. The van der Waals surface area contributed by atoms with Crippen LogP contribution in [0.1, 0.15) is 119 Å². The van der Waals surface area contributed by atoms with Crippen molar-refractivity contribution in [1.82, 2.24) is 44.4 Å². The van der Waals surface area contributed by atoms with E-state index in [-0.39, 0.29) is 39.5 Å². The number of carbonyl (C=O) groups excluding carboxylic acids is 6. The van der Waals surface area contributed by atoms with Crippen molar-refractivity contribution in [2.75, 3.05) is 78.7 Å². The number of unbranched alkanes of at least 4 members (excludes halogenated alkanes) is 9. The Hall–Kier alpha value is -5.49. The first-order chi connectivity index (χ1) is 34.4. The van der Waals surface area contributed by atoms with Gasteiger partial charge in [-0.05, 0) is 59.3 Å². The number of aromatic nitrogens is 3. The summed E-state index contributed by atoms with van der Waals surface area (Å²) in [5.74, 6) is -1.36. The van der Waals surface area contributed by atoms with Crippen molar-refractivity contribution < 1.29 is 57.2 Å². The van der Waals surface area contributed by atoms with Crippen LogP contribution in [0.3, 0.4) is 0 Å². The number of amides is 3. The van der Waals surface area contributed by atoms with E-state index in [9.17, 15) is 43.2 Å². The van der Waals surface area contributed by atoms with Gasteiger partial charge in [-0.25, -0.2) is 42.5 Å². The molecular formula is C48H81N9O15. The number of ether oxygens (including phenoxy) is 6. The van der Waals surface area contributed by atoms with Gasteiger partial charge in [0.2, 0.25) is 0 Å². The highest BCUT2D eigenvalue weighted by atomic mass is 16.6. The lowest BCUT2D eigenvalue weighted by atomic mass is 10.2. The van der Waals surface area contributed by atoms with Crippen LogP contribution in [0.5, 0.6) is 0 Å². The molecule has 1 aromatic rings. The second-order valence-corrected chi connectivity index (χ2v) is 19.2. The minimum Gasteiger partial charge on any atom is -0.462 e. The highest BCUT2D eigenvalue weighted by Gasteiger charge is 2.35. The molecule has 24 heteroatoms. The van der Waals surface area contributed by atoms with Gasteiger partial charge in [0.1, 0.15) is 19.8 Å². The molecule has 3 amide bonds. The minimum absolute atomic E-state index is 0.0288. The van der Waals surface area contributed by atoms with E-state index in [1.54, 1.807) is 0 Å². The molecule has 3 aliphatic heterocycles. The van der Waals surface area contributed by atoms with E-state index in [0.29, 0.717) is 134 Å². The Morgan fingerprint density at radius 1 is 0.431 bits per heavy atom. The normalized spacial score (nSPS) is 20.8. The summed E-state index contributed by atoms with van der Waals surface area (Å²) in [4.78, 5) is 119. The van der Waals surface area contributed by atoms with Gasteiger partial charge in [0.15, 0.2) is 18.3 Å². The molecule has 0 aliphatic carbocycles. The van der Waals surface area contributed by atoms with Crippen LogP contribution in [-0.2, 0) is 62.4 Å². The number of nitrogens with zero attached hydrogens (tertiary/aromatic N) is 6. The minimum atomic E-state index is -0.674. The summed E-state index contributed by atoms with van der Waals surface area (Å²) in [5.41, 5.74) is -2.02. The zero-order chi connectivity index (χ0) is 52.6. The monoisotopic (exact) mass is 1020 g/mol. The number of rotatable bonds is 36. The average Bonchev–Trinajstić information content (AvgIpc) is 4.29. The lowest BCUT2D eigenvalue weighted by molar-refractivity contribution is -0.144. The highest BCUT2D eigenvalue weighted by Crippen LogP contribution is 2.19. The second-order valence-electron chi connectivity index (χ2n) is 19.2. The van der Waals surface area contributed by atoms with Crippen LogP contribution in [0, 0.1) is 0 Å². The van der Waals surface area contributed by atoms with E-state index in [4.69, 9.17) is 28.4 Å². The SMILES string of the molecule is CC(=O)OCC(CN1CC1C)OC(=O)NCCCCCCn1c(=O)n(CCCCCCNC(=O)OC(COC(C)=O)CN2CC2C)c(=O)n(CCCCCCNC(=O)OC(COC(C)=O)CN2CC2C)c1=O. The maximum absolute atomic E-state index is 13.7. The largest absolute Gasteiger partial charge is 0.462 e. The van der Waals surface area contributed by atoms with Crippen molar-refractivity contribution >= 4 is 36.2 Å². The van der Waals surface area contributed by atoms with Gasteiger partial charge in [-0.1, -0.05) is 38.5 Å². The van der Waals surface area contributed by atoms with Gasteiger partial charge in [0.25, 0.3) is 0 Å². The van der Waals surface area contributed by atoms with Crippen LogP contribution < -0.4 is 33.0 Å². The van der Waals surface area contributed by atoms with Crippen molar-refractivity contribution in [3.63, 3.8) is 0 Å². The second kappa shape index (κ2) is 31.2. The zero-order valence-electron chi connectivity index (χ0n) is 43.4. The smallest absolute Gasteiger partial charge is 0.407 e. The van der Waals surface area contributed by atoms with E-state index >= 15 is 0 Å². The summed E-state index contributed by atoms with van der Waals surface area (Å²) in [6, 6.07) is 1.16. The molecule has 72 heavy (non-hydrogen) atoms. The molecule has 24 nitrogen and oxygen atoms in total. The number of nitrogens with one attached hydrogen (secondary N) is 3. The predicted molar refractivity (Wildman–Crippen MR) is 262 cm³/mol. The van der Waals surface area contributed by atoms with Crippen LogP contribution in [0.2, 0.25) is 0 Å². The van der Waals surface area contributed by atoms with Crippen molar-refractivity contribution in [2.45, 2.75) is 175 Å². The van der Waals surface area contributed by atoms with Crippen LogP contribution >= 0.6 is 0 Å². The van der Waals surface area contributed by atoms with Crippen molar-refractivity contribution in [1.29, 1.82) is 0 Å². The first-order valence-electron chi connectivity index (χ1n) is 25.8. The van der Waals surface area contributed by atoms with Crippen molar-refractivity contribution in [3.8, 4) is 0 Å². The van der Waals surface area contributed by atoms with Gasteiger partial charge >= 0.3 is 53.3 Å². The number of hydrogen-bond donors (Lipinski definition) is 3. The third-order valence-corrected chi connectivity index (χ3v) is 12.6. The average molecular weight is 1020 g/mol. The van der Waals surface area contributed by atoms with E-state index < -0.39 is 71.6 Å². The van der Waals surface area contributed by atoms with Gasteiger partial charge in [-0.3, -0.25) is 29.1 Å². The molecule has 0 saturated carbocycles. The summed E-state index contributed by atoms with van der Waals surface area (Å²) in [5, 5.41) is 8.20. The summed E-state index contributed by atoms with van der Waals surface area (Å²) in [6.07, 6.45) is 3.64. The van der Waals surface area contributed by atoms with E-state index in [2.05, 4.69) is 51.4 Å². The Labute approximate surface area is 421 Å². The number of hydrogen-bond acceptors (Lipinski definition) is 18. The predicted octanol–water partition coefficient (Wildman–Crippen LogP) is 1.94. The van der Waals surface area contributed by atoms with Crippen LogP contribution in [-0.4, -0.2) is 180 Å². The first-order valence-corrected chi connectivity index (χ1v) is 25.8. The van der Waals surface area contributed by atoms with E-state index in [0.717, 1.165) is 33.3 Å². The van der Waals surface area contributed by atoms with Gasteiger partial charge in [-0.2, -0.15) is 0 Å². The van der Waals surface area contributed by atoms with E-state index in [1.165, 1.54) is 20.8 Å². The Kier molecular flexibility index (Phi) is 25.6. The van der Waals surface area contributed by atoms with E-state index in [1.807, 2.05) is 0 Å². The van der Waals surface area contributed by atoms with Gasteiger partial charge in [0.05, 0.1) is 0 Å². The molecular weight excluding hydrogens is 943 g/mol. The van der Waals surface area contributed by atoms with Gasteiger partial charge in [0, 0.05) is 117 Å². The summed E-state index contributed by atoms with van der Waals surface area (Å²) in [7, 11) is 0. The molecule has 9 unspecified atom stereocenters. The zero-order valence-corrected chi connectivity index (χ0v) is 43.4. The maximum Gasteiger partial charge on any atom is 0.407 e. The third kappa shape index (κ3) is 23.4. The standard InChI is InChI=1S/C48H81N9O15/c1-34-25-52(34)28-40(31-67-37(4)58)70-43(61)49-19-13-7-10-16-22-55-46(64)56(23-17-11-8-14-20-50-44(62)71-41(32-68-38(5)59)29-53-26-35(53)2)48(66)57(47(55)65)24-18-12-9-15-21-51-45(63)72-42(33-69-39(6)60)30-54-27-36(54)3/h34-36,40-42H,7-33H2,1-6H3,(H,49,61)(H,50,62)(H,51,63). The molecule has 3 fully saturated rings. The van der Waals surface area contributed by atoms with Crippen molar-refractivity contribution in [2.24, 2.45) is 0 Å². The molecule has 4 heterocycles. The maximum atomic E-state index is 13.7. The molecule has 0 spiro atoms. The molecule has 1 aromatic heterocycles. The summed E-state index contributed by atoms with van der Waals surface area (Å²) in [6.45, 7) is 15.3. The fraction of sp³-hybridized carbons (Fsp3) is 0.812. The highest BCUT2D eigenvalue weighted by molar-refractivity contribution is 5.69. The molecule has 3 saturated heterocycles.